The molecule has 1 saturated heterocycles. The molecule has 21 heavy (non-hydrogen) atoms. The fourth-order valence-electron chi connectivity index (χ4n) is 2.66. The van der Waals surface area contributed by atoms with Gasteiger partial charge in [-0.3, -0.25) is 4.79 Å². The SMILES string of the molecule is CCCNc1ccc(Cl)cc1C(=O)NCC1CCCN1C. The van der Waals surface area contributed by atoms with Crippen LogP contribution in [0.25, 0.3) is 0 Å². The van der Waals surface area contributed by atoms with E-state index in [9.17, 15) is 4.79 Å². The molecular weight excluding hydrogens is 286 g/mol. The number of halogens is 1. The van der Waals surface area contributed by atoms with Crippen LogP contribution in [0.5, 0.6) is 0 Å². The van der Waals surface area contributed by atoms with Gasteiger partial charge in [-0.05, 0) is 51.1 Å². The highest BCUT2D eigenvalue weighted by atomic mass is 35.5. The first kappa shape index (κ1) is 16.1. The van der Waals surface area contributed by atoms with Crippen LogP contribution in [0.1, 0.15) is 36.5 Å². The van der Waals surface area contributed by atoms with Gasteiger partial charge in [-0.15, -0.1) is 0 Å². The van der Waals surface area contributed by atoms with Gasteiger partial charge in [-0.2, -0.15) is 0 Å². The number of nitrogens with zero attached hydrogens (tertiary/aromatic N) is 1. The Kier molecular flexibility index (Phi) is 5.88. The Morgan fingerprint density at radius 3 is 2.95 bits per heavy atom. The third-order valence-corrected chi connectivity index (χ3v) is 4.20. The number of rotatable bonds is 6. The second-order valence-corrected chi connectivity index (χ2v) is 6.04. The van der Waals surface area contributed by atoms with E-state index in [0.717, 1.165) is 31.6 Å². The zero-order chi connectivity index (χ0) is 15.2. The zero-order valence-corrected chi connectivity index (χ0v) is 13.5. The number of likely N-dealkylation sites (tertiary alicyclic amines) is 1. The van der Waals surface area contributed by atoms with Gasteiger partial charge in [0, 0.05) is 29.8 Å². The maximum atomic E-state index is 12.4. The summed E-state index contributed by atoms with van der Waals surface area (Å²) in [6, 6.07) is 5.85. The molecule has 0 bridgehead atoms. The predicted octanol–water partition coefficient (Wildman–Crippen LogP) is 2.99. The average molecular weight is 310 g/mol. The molecule has 0 spiro atoms. The van der Waals surface area contributed by atoms with E-state index in [1.165, 1.54) is 6.42 Å². The minimum absolute atomic E-state index is 0.0589. The number of hydrogen-bond donors (Lipinski definition) is 2. The summed E-state index contributed by atoms with van der Waals surface area (Å²) >= 11 is 6.03. The lowest BCUT2D eigenvalue weighted by Crippen LogP contribution is -2.38. The van der Waals surface area contributed by atoms with Crippen molar-refractivity contribution in [1.82, 2.24) is 10.2 Å². The number of hydrogen-bond acceptors (Lipinski definition) is 3. The third-order valence-electron chi connectivity index (χ3n) is 3.96. The predicted molar refractivity (Wildman–Crippen MR) is 88.2 cm³/mol. The second-order valence-electron chi connectivity index (χ2n) is 5.60. The van der Waals surface area contributed by atoms with Crippen LogP contribution in [0, 0.1) is 0 Å². The van der Waals surface area contributed by atoms with E-state index in [4.69, 9.17) is 11.6 Å². The maximum absolute atomic E-state index is 12.4. The summed E-state index contributed by atoms with van der Waals surface area (Å²) < 4.78 is 0. The van der Waals surface area contributed by atoms with Crippen molar-refractivity contribution in [3.05, 3.63) is 28.8 Å². The van der Waals surface area contributed by atoms with Gasteiger partial charge in [0.15, 0.2) is 0 Å². The highest BCUT2D eigenvalue weighted by Crippen LogP contribution is 2.21. The summed E-state index contributed by atoms with van der Waals surface area (Å²) in [7, 11) is 2.11. The largest absolute Gasteiger partial charge is 0.384 e. The molecule has 1 unspecified atom stereocenters. The Morgan fingerprint density at radius 1 is 1.48 bits per heavy atom. The zero-order valence-electron chi connectivity index (χ0n) is 12.8. The molecule has 1 fully saturated rings. The summed E-state index contributed by atoms with van der Waals surface area (Å²) in [5.74, 6) is -0.0589. The lowest BCUT2D eigenvalue weighted by Gasteiger charge is -2.20. The van der Waals surface area contributed by atoms with Gasteiger partial charge in [-0.1, -0.05) is 18.5 Å². The van der Waals surface area contributed by atoms with Crippen LogP contribution in [-0.2, 0) is 0 Å². The molecular formula is C16H24ClN3O. The molecule has 2 rings (SSSR count). The number of carbonyl (C=O) groups excluding carboxylic acids is 1. The number of benzene rings is 1. The number of nitrogens with one attached hydrogen (secondary N) is 2. The molecule has 1 aliphatic heterocycles. The van der Waals surface area contributed by atoms with Crippen molar-refractivity contribution in [3.8, 4) is 0 Å². The second kappa shape index (κ2) is 7.66. The van der Waals surface area contributed by atoms with Crippen LogP contribution < -0.4 is 10.6 Å². The third kappa shape index (κ3) is 4.35. The first-order valence-corrected chi connectivity index (χ1v) is 8.01. The first-order chi connectivity index (χ1) is 10.1. The van der Waals surface area contributed by atoms with Gasteiger partial charge < -0.3 is 15.5 Å². The Bertz CT molecular complexity index is 492. The molecule has 1 amide bonds. The van der Waals surface area contributed by atoms with E-state index >= 15 is 0 Å². The van der Waals surface area contributed by atoms with Crippen molar-refractivity contribution in [2.45, 2.75) is 32.2 Å². The quantitative estimate of drug-likeness (QED) is 0.849. The van der Waals surface area contributed by atoms with Crippen molar-refractivity contribution in [2.75, 3.05) is 32.0 Å². The molecule has 1 aromatic rings. The van der Waals surface area contributed by atoms with Crippen LogP contribution in [0.15, 0.2) is 18.2 Å². The Hall–Kier alpha value is -1.26. The van der Waals surface area contributed by atoms with Crippen LogP contribution in [0.2, 0.25) is 5.02 Å². The normalized spacial score (nSPS) is 18.7. The maximum Gasteiger partial charge on any atom is 0.253 e. The number of anilines is 1. The fraction of sp³-hybridized carbons (Fsp3) is 0.562. The lowest BCUT2D eigenvalue weighted by molar-refractivity contribution is 0.0944. The Balaban J connectivity index is 2.01. The standard InChI is InChI=1S/C16H24ClN3O/c1-3-8-18-15-7-6-12(17)10-14(15)16(21)19-11-13-5-4-9-20(13)2/h6-7,10,13,18H,3-5,8-9,11H2,1-2H3,(H,19,21). The summed E-state index contributed by atoms with van der Waals surface area (Å²) in [6.45, 7) is 4.74. The topological polar surface area (TPSA) is 44.4 Å². The Labute approximate surface area is 131 Å². The van der Waals surface area contributed by atoms with Gasteiger partial charge in [-0.25, -0.2) is 0 Å². The van der Waals surface area contributed by atoms with Gasteiger partial charge in [0.25, 0.3) is 5.91 Å². The fourth-order valence-corrected chi connectivity index (χ4v) is 2.83. The van der Waals surface area contributed by atoms with E-state index < -0.39 is 0 Å². The molecule has 2 N–H and O–H groups in total. The van der Waals surface area contributed by atoms with Crippen molar-refractivity contribution in [1.29, 1.82) is 0 Å². The molecule has 1 aliphatic rings. The van der Waals surface area contributed by atoms with Crippen LogP contribution >= 0.6 is 11.6 Å². The van der Waals surface area contributed by atoms with Gasteiger partial charge in [0.1, 0.15) is 0 Å². The van der Waals surface area contributed by atoms with Gasteiger partial charge in [0.2, 0.25) is 0 Å². The van der Waals surface area contributed by atoms with E-state index in [1.54, 1.807) is 12.1 Å². The summed E-state index contributed by atoms with van der Waals surface area (Å²) in [5, 5.41) is 6.90. The van der Waals surface area contributed by atoms with E-state index in [-0.39, 0.29) is 5.91 Å². The molecule has 0 aromatic heterocycles. The van der Waals surface area contributed by atoms with Crippen molar-refractivity contribution in [3.63, 3.8) is 0 Å². The average Bonchev–Trinajstić information content (AvgIpc) is 2.88. The molecule has 1 atom stereocenters. The van der Waals surface area contributed by atoms with Crippen LogP contribution in [-0.4, -0.2) is 43.5 Å². The molecule has 0 saturated carbocycles. The highest BCUT2D eigenvalue weighted by molar-refractivity contribution is 6.31. The minimum Gasteiger partial charge on any atom is -0.384 e. The summed E-state index contributed by atoms with van der Waals surface area (Å²) in [4.78, 5) is 14.7. The molecule has 5 heteroatoms. The van der Waals surface area contributed by atoms with E-state index in [2.05, 4.69) is 29.5 Å². The van der Waals surface area contributed by atoms with Crippen molar-refractivity contribution >= 4 is 23.2 Å². The van der Waals surface area contributed by atoms with Crippen molar-refractivity contribution in [2.24, 2.45) is 0 Å². The molecule has 0 radical (unpaired) electrons. The molecule has 116 valence electrons. The lowest BCUT2D eigenvalue weighted by atomic mass is 10.1. The van der Waals surface area contributed by atoms with Gasteiger partial charge in [0.05, 0.1) is 5.56 Å². The number of likely N-dealkylation sites (N-methyl/N-ethyl adjacent to an activating group) is 1. The van der Waals surface area contributed by atoms with Gasteiger partial charge >= 0.3 is 0 Å². The molecule has 1 heterocycles. The molecule has 1 aromatic carbocycles. The summed E-state index contributed by atoms with van der Waals surface area (Å²) in [5.41, 5.74) is 1.47. The van der Waals surface area contributed by atoms with Crippen molar-refractivity contribution < 1.29 is 4.79 Å². The first-order valence-electron chi connectivity index (χ1n) is 7.63. The molecule has 0 aliphatic carbocycles. The minimum atomic E-state index is -0.0589. The van der Waals surface area contributed by atoms with Crippen LogP contribution in [0.3, 0.4) is 0 Å². The molecule has 4 nitrogen and oxygen atoms in total. The van der Waals surface area contributed by atoms with Crippen LogP contribution in [0.4, 0.5) is 5.69 Å². The Morgan fingerprint density at radius 2 is 2.29 bits per heavy atom. The number of carbonyl (C=O) groups is 1. The van der Waals surface area contributed by atoms with E-state index in [0.29, 0.717) is 23.2 Å². The van der Waals surface area contributed by atoms with E-state index in [1.807, 2.05) is 6.07 Å². The summed E-state index contributed by atoms with van der Waals surface area (Å²) in [6.07, 6.45) is 3.36. The monoisotopic (exact) mass is 309 g/mol. The highest BCUT2D eigenvalue weighted by Gasteiger charge is 2.22. The smallest absolute Gasteiger partial charge is 0.253 e. The number of amides is 1.